The molecule has 4 nitrogen and oxygen atoms in total. The molecular weight excluding hydrogens is 212 g/mol. The lowest BCUT2D eigenvalue weighted by Crippen LogP contribution is -2.38. The molecule has 1 aromatic heterocycles. The molecule has 1 heterocycles. The van der Waals surface area contributed by atoms with Crippen molar-refractivity contribution in [3.8, 4) is 0 Å². The molecule has 0 atom stereocenters. The van der Waals surface area contributed by atoms with Crippen LogP contribution < -0.4 is 11.1 Å². The van der Waals surface area contributed by atoms with Gasteiger partial charge >= 0.3 is 0 Å². The standard InChI is InChI=1S/C13H20N4/c1-10-8-15-7-6-11(10)9-16-13(14)17-12-4-2-3-5-12/h6-8,12H,2-5,9H2,1H3,(H3,14,16,17). The average molecular weight is 232 g/mol. The molecule has 17 heavy (non-hydrogen) atoms. The van der Waals surface area contributed by atoms with Gasteiger partial charge in [-0.1, -0.05) is 12.8 Å². The van der Waals surface area contributed by atoms with Gasteiger partial charge in [0.2, 0.25) is 0 Å². The van der Waals surface area contributed by atoms with E-state index < -0.39 is 0 Å². The van der Waals surface area contributed by atoms with E-state index in [0.29, 0.717) is 18.5 Å². The highest BCUT2D eigenvalue weighted by molar-refractivity contribution is 5.78. The summed E-state index contributed by atoms with van der Waals surface area (Å²) in [6.45, 7) is 2.67. The zero-order valence-corrected chi connectivity index (χ0v) is 10.3. The topological polar surface area (TPSA) is 63.3 Å². The molecule has 1 aromatic rings. The number of rotatable bonds is 3. The van der Waals surface area contributed by atoms with Gasteiger partial charge in [-0.2, -0.15) is 0 Å². The van der Waals surface area contributed by atoms with E-state index in [1.807, 2.05) is 19.2 Å². The highest BCUT2D eigenvalue weighted by Crippen LogP contribution is 2.17. The SMILES string of the molecule is Cc1cnccc1CN=C(N)NC1CCCC1. The number of nitrogens with zero attached hydrogens (tertiary/aromatic N) is 2. The summed E-state index contributed by atoms with van der Waals surface area (Å²) in [5.74, 6) is 0.563. The second-order valence-corrected chi connectivity index (χ2v) is 4.63. The Kier molecular flexibility index (Phi) is 3.96. The fourth-order valence-corrected chi connectivity index (χ4v) is 2.17. The lowest BCUT2D eigenvalue weighted by atomic mass is 10.2. The molecule has 0 spiro atoms. The minimum absolute atomic E-state index is 0.525. The number of nitrogens with one attached hydrogen (secondary N) is 1. The van der Waals surface area contributed by atoms with E-state index in [9.17, 15) is 0 Å². The van der Waals surface area contributed by atoms with Crippen LogP contribution in [0.1, 0.15) is 36.8 Å². The molecule has 0 amide bonds. The van der Waals surface area contributed by atoms with Gasteiger partial charge in [0.15, 0.2) is 5.96 Å². The minimum atomic E-state index is 0.525. The van der Waals surface area contributed by atoms with Gasteiger partial charge in [-0.15, -0.1) is 0 Å². The summed E-state index contributed by atoms with van der Waals surface area (Å²) in [5.41, 5.74) is 8.21. The Morgan fingerprint density at radius 2 is 2.29 bits per heavy atom. The predicted molar refractivity (Wildman–Crippen MR) is 69.7 cm³/mol. The van der Waals surface area contributed by atoms with Crippen LogP contribution in [-0.2, 0) is 6.54 Å². The molecule has 1 saturated carbocycles. The van der Waals surface area contributed by atoms with Crippen LogP contribution in [0, 0.1) is 6.92 Å². The van der Waals surface area contributed by atoms with E-state index in [1.54, 1.807) is 6.20 Å². The van der Waals surface area contributed by atoms with Crippen LogP contribution >= 0.6 is 0 Å². The summed E-state index contributed by atoms with van der Waals surface area (Å²) in [7, 11) is 0. The Morgan fingerprint density at radius 1 is 1.53 bits per heavy atom. The van der Waals surface area contributed by atoms with E-state index in [4.69, 9.17) is 5.73 Å². The molecule has 0 radical (unpaired) electrons. The Morgan fingerprint density at radius 3 is 3.00 bits per heavy atom. The van der Waals surface area contributed by atoms with Crippen molar-refractivity contribution in [3.63, 3.8) is 0 Å². The Balaban J connectivity index is 1.89. The summed E-state index contributed by atoms with van der Waals surface area (Å²) < 4.78 is 0. The predicted octanol–water partition coefficient (Wildman–Crippen LogP) is 1.74. The van der Waals surface area contributed by atoms with Crippen molar-refractivity contribution in [2.45, 2.75) is 45.2 Å². The molecule has 1 fully saturated rings. The third-order valence-corrected chi connectivity index (χ3v) is 3.26. The zero-order chi connectivity index (χ0) is 12.1. The second-order valence-electron chi connectivity index (χ2n) is 4.63. The molecule has 2 rings (SSSR count). The fraction of sp³-hybridized carbons (Fsp3) is 0.538. The summed E-state index contributed by atoms with van der Waals surface area (Å²) in [4.78, 5) is 8.43. The van der Waals surface area contributed by atoms with E-state index >= 15 is 0 Å². The number of nitrogens with two attached hydrogens (primary N) is 1. The molecule has 3 N–H and O–H groups in total. The first-order chi connectivity index (χ1) is 8.25. The van der Waals surface area contributed by atoms with Crippen molar-refractivity contribution in [1.29, 1.82) is 0 Å². The number of hydrogen-bond donors (Lipinski definition) is 2. The lowest BCUT2D eigenvalue weighted by molar-refractivity contribution is 0.625. The van der Waals surface area contributed by atoms with Gasteiger partial charge < -0.3 is 11.1 Å². The summed E-state index contributed by atoms with van der Waals surface area (Å²) >= 11 is 0. The first-order valence-corrected chi connectivity index (χ1v) is 6.21. The third kappa shape index (κ3) is 3.44. The lowest BCUT2D eigenvalue weighted by Gasteiger charge is -2.12. The molecule has 0 aromatic carbocycles. The van der Waals surface area contributed by atoms with Gasteiger partial charge in [-0.3, -0.25) is 4.98 Å². The van der Waals surface area contributed by atoms with E-state index in [-0.39, 0.29) is 0 Å². The van der Waals surface area contributed by atoms with Gasteiger partial charge in [0, 0.05) is 18.4 Å². The maximum atomic E-state index is 5.87. The molecule has 0 unspecified atom stereocenters. The summed E-state index contributed by atoms with van der Waals surface area (Å²) in [5, 5.41) is 3.28. The van der Waals surface area contributed by atoms with Crippen LogP contribution in [0.25, 0.3) is 0 Å². The van der Waals surface area contributed by atoms with Gasteiger partial charge in [-0.05, 0) is 37.0 Å². The van der Waals surface area contributed by atoms with Crippen molar-refractivity contribution in [3.05, 3.63) is 29.6 Å². The van der Waals surface area contributed by atoms with Gasteiger partial charge in [-0.25, -0.2) is 4.99 Å². The van der Waals surface area contributed by atoms with Crippen LogP contribution in [0.15, 0.2) is 23.5 Å². The molecule has 1 aliphatic rings. The quantitative estimate of drug-likeness (QED) is 0.616. The second kappa shape index (κ2) is 5.66. The summed E-state index contributed by atoms with van der Waals surface area (Å²) in [6, 6.07) is 2.51. The average Bonchev–Trinajstić information content (AvgIpc) is 2.81. The zero-order valence-electron chi connectivity index (χ0n) is 10.3. The maximum Gasteiger partial charge on any atom is 0.189 e. The van der Waals surface area contributed by atoms with Gasteiger partial charge in [0.25, 0.3) is 0 Å². The molecular formula is C13H20N4. The summed E-state index contributed by atoms with van der Waals surface area (Å²) in [6.07, 6.45) is 8.67. The van der Waals surface area contributed by atoms with Crippen LogP contribution in [0.5, 0.6) is 0 Å². The van der Waals surface area contributed by atoms with Crippen molar-refractivity contribution in [2.24, 2.45) is 10.7 Å². The highest BCUT2D eigenvalue weighted by Gasteiger charge is 2.14. The number of aliphatic imine (C=N–C) groups is 1. The van der Waals surface area contributed by atoms with Crippen molar-refractivity contribution in [1.82, 2.24) is 10.3 Å². The van der Waals surface area contributed by atoms with E-state index in [2.05, 4.69) is 15.3 Å². The van der Waals surface area contributed by atoms with Gasteiger partial charge in [0.1, 0.15) is 0 Å². The molecule has 92 valence electrons. The van der Waals surface area contributed by atoms with Crippen molar-refractivity contribution >= 4 is 5.96 Å². The first kappa shape index (κ1) is 11.9. The third-order valence-electron chi connectivity index (χ3n) is 3.26. The van der Waals surface area contributed by atoms with Crippen LogP contribution in [0.2, 0.25) is 0 Å². The highest BCUT2D eigenvalue weighted by atomic mass is 15.1. The normalized spacial score (nSPS) is 17.4. The molecule has 0 saturated heterocycles. The Labute approximate surface area is 102 Å². The largest absolute Gasteiger partial charge is 0.370 e. The number of hydrogen-bond acceptors (Lipinski definition) is 2. The monoisotopic (exact) mass is 232 g/mol. The van der Waals surface area contributed by atoms with Gasteiger partial charge in [0.05, 0.1) is 6.54 Å². The van der Waals surface area contributed by atoms with Crippen LogP contribution in [0.4, 0.5) is 0 Å². The van der Waals surface area contributed by atoms with Crippen LogP contribution in [0.3, 0.4) is 0 Å². The molecule has 4 heteroatoms. The minimum Gasteiger partial charge on any atom is -0.370 e. The molecule has 0 aliphatic heterocycles. The molecule has 1 aliphatic carbocycles. The Bertz CT molecular complexity index is 394. The number of aryl methyl sites for hydroxylation is 1. The van der Waals surface area contributed by atoms with E-state index in [0.717, 1.165) is 5.56 Å². The molecule has 0 bridgehead atoms. The number of guanidine groups is 1. The van der Waals surface area contributed by atoms with Crippen molar-refractivity contribution < 1.29 is 0 Å². The number of pyridine rings is 1. The Hall–Kier alpha value is -1.58. The number of aromatic nitrogens is 1. The van der Waals surface area contributed by atoms with Crippen molar-refractivity contribution in [2.75, 3.05) is 0 Å². The fourth-order valence-electron chi connectivity index (χ4n) is 2.17. The first-order valence-electron chi connectivity index (χ1n) is 6.21. The smallest absolute Gasteiger partial charge is 0.189 e. The maximum absolute atomic E-state index is 5.87. The van der Waals surface area contributed by atoms with Crippen LogP contribution in [-0.4, -0.2) is 17.0 Å². The van der Waals surface area contributed by atoms with E-state index in [1.165, 1.54) is 31.2 Å².